The lowest BCUT2D eigenvalue weighted by atomic mass is 10.2. The lowest BCUT2D eigenvalue weighted by molar-refractivity contribution is 0.235. The van der Waals surface area contributed by atoms with Gasteiger partial charge in [0.2, 0.25) is 0 Å². The summed E-state index contributed by atoms with van der Waals surface area (Å²) >= 11 is 5.18. The first kappa shape index (κ1) is 13.2. The van der Waals surface area contributed by atoms with Gasteiger partial charge in [-0.1, -0.05) is 0 Å². The summed E-state index contributed by atoms with van der Waals surface area (Å²) in [6.07, 6.45) is 1.85. The molecule has 0 amide bonds. The van der Waals surface area contributed by atoms with E-state index in [1.54, 1.807) is 11.3 Å². The summed E-state index contributed by atoms with van der Waals surface area (Å²) in [7, 11) is 2.13. The molecule has 0 aliphatic carbocycles. The van der Waals surface area contributed by atoms with Gasteiger partial charge in [0.05, 0.1) is 20.4 Å². The number of nitrogens with one attached hydrogen (secondary N) is 1. The number of halogens is 1. The van der Waals surface area contributed by atoms with Crippen LogP contribution in [0.4, 0.5) is 0 Å². The topological polar surface area (TPSA) is 41.0 Å². The normalized spacial score (nSPS) is 20.6. The maximum atomic E-state index is 4.70. The molecule has 2 aromatic rings. The average molecular weight is 339 g/mol. The van der Waals surface area contributed by atoms with Crippen molar-refractivity contribution in [2.75, 3.05) is 26.7 Å². The number of thiophene rings is 1. The molecule has 2 aromatic heterocycles. The van der Waals surface area contributed by atoms with Crippen molar-refractivity contribution in [2.45, 2.75) is 6.04 Å². The zero-order valence-electron chi connectivity index (χ0n) is 10.6. The molecule has 1 N–H and O–H groups in total. The Balaban J connectivity index is 1.87. The van der Waals surface area contributed by atoms with Crippen molar-refractivity contribution in [1.29, 1.82) is 0 Å². The van der Waals surface area contributed by atoms with Crippen molar-refractivity contribution in [2.24, 2.45) is 0 Å². The van der Waals surface area contributed by atoms with E-state index in [1.165, 1.54) is 4.88 Å². The van der Waals surface area contributed by atoms with Gasteiger partial charge in [0.25, 0.3) is 0 Å². The van der Waals surface area contributed by atoms with E-state index in [0.29, 0.717) is 0 Å². The summed E-state index contributed by atoms with van der Waals surface area (Å²) in [5, 5.41) is 3.48. The summed E-state index contributed by atoms with van der Waals surface area (Å²) in [5.41, 5.74) is 0.996. The second kappa shape index (κ2) is 5.66. The average Bonchev–Trinajstić information content (AvgIpc) is 2.86. The number of nitrogens with zero attached hydrogens (tertiary/aromatic N) is 3. The molecule has 4 nitrogen and oxygen atoms in total. The Hall–Kier alpha value is -0.820. The number of aromatic nitrogens is 2. The maximum absolute atomic E-state index is 4.70. The molecule has 3 rings (SSSR count). The Morgan fingerprint density at radius 1 is 1.42 bits per heavy atom. The Bertz CT molecular complexity index is 571. The van der Waals surface area contributed by atoms with E-state index in [1.807, 2.05) is 12.3 Å². The minimum Gasteiger partial charge on any atom is -0.305 e. The van der Waals surface area contributed by atoms with Crippen molar-refractivity contribution in [3.63, 3.8) is 0 Å². The summed E-state index contributed by atoms with van der Waals surface area (Å²) < 4.78 is 1.12. The highest BCUT2D eigenvalue weighted by atomic mass is 79.9. The molecule has 0 bridgehead atoms. The minimum absolute atomic E-state index is 0.224. The highest BCUT2D eigenvalue weighted by Gasteiger charge is 2.20. The summed E-state index contributed by atoms with van der Waals surface area (Å²) in [4.78, 5) is 12.6. The van der Waals surface area contributed by atoms with Crippen molar-refractivity contribution in [3.05, 3.63) is 34.0 Å². The van der Waals surface area contributed by atoms with Gasteiger partial charge in [0.1, 0.15) is 5.82 Å². The van der Waals surface area contributed by atoms with Crippen LogP contribution >= 0.6 is 27.3 Å². The lowest BCUT2D eigenvalue weighted by Gasteiger charge is -2.29. The Kier molecular flexibility index (Phi) is 3.93. The molecule has 0 saturated carbocycles. The molecule has 1 saturated heterocycles. The van der Waals surface area contributed by atoms with Gasteiger partial charge in [-0.2, -0.15) is 0 Å². The van der Waals surface area contributed by atoms with Crippen molar-refractivity contribution < 1.29 is 0 Å². The molecule has 3 heterocycles. The third-order valence-electron chi connectivity index (χ3n) is 3.19. The zero-order valence-corrected chi connectivity index (χ0v) is 13.0. The number of hydrogen-bond acceptors (Lipinski definition) is 5. The third-order valence-corrected chi connectivity index (χ3v) is 4.84. The predicted molar refractivity (Wildman–Crippen MR) is 81.3 cm³/mol. The molecule has 1 atom stereocenters. The van der Waals surface area contributed by atoms with Crippen LogP contribution in [-0.4, -0.2) is 41.5 Å². The Labute approximate surface area is 125 Å². The first-order valence-electron chi connectivity index (χ1n) is 6.23. The van der Waals surface area contributed by atoms with Crippen molar-refractivity contribution in [1.82, 2.24) is 20.2 Å². The number of hydrogen-bond donors (Lipinski definition) is 1. The van der Waals surface area contributed by atoms with Crippen molar-refractivity contribution >= 4 is 27.3 Å². The van der Waals surface area contributed by atoms with Crippen LogP contribution in [0.1, 0.15) is 11.9 Å². The van der Waals surface area contributed by atoms with E-state index in [2.05, 4.69) is 50.3 Å². The van der Waals surface area contributed by atoms with Crippen LogP contribution in [0.2, 0.25) is 0 Å². The van der Waals surface area contributed by atoms with Crippen LogP contribution < -0.4 is 5.32 Å². The molecule has 1 aliphatic heterocycles. The lowest BCUT2D eigenvalue weighted by Crippen LogP contribution is -2.44. The van der Waals surface area contributed by atoms with E-state index in [0.717, 1.165) is 34.9 Å². The second-order valence-electron chi connectivity index (χ2n) is 4.67. The van der Waals surface area contributed by atoms with Gasteiger partial charge in [0.15, 0.2) is 0 Å². The van der Waals surface area contributed by atoms with Crippen LogP contribution in [0.3, 0.4) is 0 Å². The first-order chi connectivity index (χ1) is 9.22. The van der Waals surface area contributed by atoms with Gasteiger partial charge in [0, 0.05) is 25.8 Å². The van der Waals surface area contributed by atoms with Gasteiger partial charge in [-0.15, -0.1) is 11.3 Å². The molecule has 1 fully saturated rings. The smallest absolute Gasteiger partial charge is 0.147 e. The highest BCUT2D eigenvalue weighted by Crippen LogP contribution is 2.30. The van der Waals surface area contributed by atoms with Gasteiger partial charge in [-0.25, -0.2) is 9.97 Å². The molecule has 1 unspecified atom stereocenters. The fraction of sp³-hybridized carbons (Fsp3) is 0.385. The fourth-order valence-electron chi connectivity index (χ4n) is 2.20. The van der Waals surface area contributed by atoms with Crippen LogP contribution in [0.15, 0.2) is 28.2 Å². The van der Waals surface area contributed by atoms with E-state index in [4.69, 9.17) is 4.98 Å². The Morgan fingerprint density at radius 3 is 3.05 bits per heavy atom. The molecule has 0 spiro atoms. The monoisotopic (exact) mass is 338 g/mol. The molecule has 6 heteroatoms. The predicted octanol–water partition coefficient (Wildman–Crippen LogP) is 2.54. The van der Waals surface area contributed by atoms with Gasteiger partial charge < -0.3 is 10.2 Å². The molecule has 19 heavy (non-hydrogen) atoms. The summed E-state index contributed by atoms with van der Waals surface area (Å²) in [5.74, 6) is 0.883. The summed E-state index contributed by atoms with van der Waals surface area (Å²) in [6.45, 7) is 3.02. The molecule has 1 aliphatic rings. The first-order valence-corrected chi connectivity index (χ1v) is 7.84. The van der Waals surface area contributed by atoms with Crippen LogP contribution in [0.25, 0.3) is 10.6 Å². The van der Waals surface area contributed by atoms with Crippen LogP contribution in [-0.2, 0) is 0 Å². The zero-order chi connectivity index (χ0) is 13.2. The minimum atomic E-state index is 0.224. The standard InChI is InChI=1S/C13H15BrN4S/c1-18-7-6-15-10(8-18)13-16-5-4-9(17-13)11-2-3-12(14)19-11/h2-5,10,15H,6-8H2,1H3. The highest BCUT2D eigenvalue weighted by molar-refractivity contribution is 9.11. The number of piperazine rings is 1. The van der Waals surface area contributed by atoms with Crippen LogP contribution in [0, 0.1) is 0 Å². The van der Waals surface area contributed by atoms with E-state index in [9.17, 15) is 0 Å². The van der Waals surface area contributed by atoms with E-state index in [-0.39, 0.29) is 6.04 Å². The SMILES string of the molecule is CN1CCNC(c2nccc(-c3ccc(Br)s3)n2)C1. The molecule has 0 radical (unpaired) electrons. The molecule has 100 valence electrons. The largest absolute Gasteiger partial charge is 0.305 e. The summed E-state index contributed by atoms with van der Waals surface area (Å²) in [6, 6.07) is 6.33. The van der Waals surface area contributed by atoms with Gasteiger partial charge in [-0.05, 0) is 41.2 Å². The van der Waals surface area contributed by atoms with Crippen molar-refractivity contribution in [3.8, 4) is 10.6 Å². The third kappa shape index (κ3) is 3.02. The van der Waals surface area contributed by atoms with Crippen LogP contribution in [0.5, 0.6) is 0 Å². The van der Waals surface area contributed by atoms with Gasteiger partial charge in [-0.3, -0.25) is 0 Å². The number of rotatable bonds is 2. The maximum Gasteiger partial charge on any atom is 0.147 e. The molecular weight excluding hydrogens is 324 g/mol. The molecular formula is C13H15BrN4S. The quantitative estimate of drug-likeness (QED) is 0.913. The number of likely N-dealkylation sites (N-methyl/N-ethyl adjacent to an activating group) is 1. The second-order valence-corrected chi connectivity index (χ2v) is 7.14. The van der Waals surface area contributed by atoms with E-state index >= 15 is 0 Å². The van der Waals surface area contributed by atoms with E-state index < -0.39 is 0 Å². The fourth-order valence-corrected chi connectivity index (χ4v) is 3.56. The Morgan fingerprint density at radius 2 is 2.32 bits per heavy atom. The van der Waals surface area contributed by atoms with Gasteiger partial charge >= 0.3 is 0 Å². The molecule has 0 aromatic carbocycles.